The van der Waals surface area contributed by atoms with Crippen LogP contribution in [0.3, 0.4) is 0 Å². The number of aliphatic carboxylic acids is 1. The molecule has 226 valence electrons. The van der Waals surface area contributed by atoms with Crippen LogP contribution in [0.4, 0.5) is 5.69 Å². The first-order chi connectivity index (χ1) is 19.9. The molecule has 0 aliphatic carbocycles. The van der Waals surface area contributed by atoms with Gasteiger partial charge in [0.05, 0.1) is 15.6 Å². The maximum absolute atomic E-state index is 12.7. The van der Waals surface area contributed by atoms with Crippen molar-refractivity contribution in [2.75, 3.05) is 18.0 Å². The maximum atomic E-state index is 12.7. The van der Waals surface area contributed by atoms with Crippen molar-refractivity contribution in [3.63, 3.8) is 0 Å². The number of nitrogens with zero attached hydrogens (tertiary/aromatic N) is 2. The van der Waals surface area contributed by atoms with Crippen LogP contribution in [-0.4, -0.2) is 39.3 Å². The highest BCUT2D eigenvalue weighted by Crippen LogP contribution is 2.46. The number of allylic oxidation sites excluding steroid dienone is 2. The SMILES string of the molecule is CCCCCCCCCCCCCCCCCCN1/C(=C\C=C2\SC(=S)N(CC(=O)O)C2=O)Sc2ccc(C)cc21. The highest BCUT2D eigenvalue weighted by atomic mass is 32.2. The molecule has 2 aliphatic heterocycles. The Morgan fingerprint density at radius 2 is 1.39 bits per heavy atom. The molecule has 1 saturated heterocycles. The number of fused-ring (bicyclic) bond motifs is 1. The number of thioether (sulfide) groups is 2. The van der Waals surface area contributed by atoms with E-state index in [1.165, 1.54) is 124 Å². The van der Waals surface area contributed by atoms with E-state index in [4.69, 9.17) is 17.3 Å². The first kappa shape index (κ1) is 33.7. The van der Waals surface area contributed by atoms with Crippen LogP contribution in [0.5, 0.6) is 0 Å². The van der Waals surface area contributed by atoms with Gasteiger partial charge in [0.2, 0.25) is 0 Å². The fraction of sp³-hybridized carbons (Fsp3) is 0.606. The number of anilines is 1. The van der Waals surface area contributed by atoms with Gasteiger partial charge in [-0.25, -0.2) is 0 Å². The highest BCUT2D eigenvalue weighted by Gasteiger charge is 2.33. The van der Waals surface area contributed by atoms with Crippen molar-refractivity contribution in [2.45, 2.75) is 121 Å². The van der Waals surface area contributed by atoms with E-state index < -0.39 is 12.5 Å². The van der Waals surface area contributed by atoms with Gasteiger partial charge in [0.1, 0.15) is 10.9 Å². The van der Waals surface area contributed by atoms with Gasteiger partial charge in [-0.3, -0.25) is 14.5 Å². The van der Waals surface area contributed by atoms with Crippen molar-refractivity contribution < 1.29 is 14.7 Å². The second-order valence-corrected chi connectivity index (χ2v) is 14.0. The molecular weight excluding hydrogens is 569 g/mol. The van der Waals surface area contributed by atoms with Gasteiger partial charge < -0.3 is 10.0 Å². The minimum Gasteiger partial charge on any atom is -0.480 e. The fourth-order valence-corrected chi connectivity index (χ4v) is 7.58. The van der Waals surface area contributed by atoms with Crippen LogP contribution in [-0.2, 0) is 9.59 Å². The van der Waals surface area contributed by atoms with E-state index in [-0.39, 0.29) is 5.91 Å². The quantitative estimate of drug-likeness (QED) is 0.0889. The third-order valence-corrected chi connectivity index (χ3v) is 10.2. The first-order valence-electron chi connectivity index (χ1n) is 15.6. The number of unbranched alkanes of at least 4 members (excludes halogenated alkanes) is 15. The average molecular weight is 617 g/mol. The normalized spacial score (nSPS) is 16.9. The van der Waals surface area contributed by atoms with E-state index in [0.717, 1.165) is 22.9 Å². The molecule has 1 aromatic rings. The summed E-state index contributed by atoms with van der Waals surface area (Å²) >= 11 is 8.12. The first-order valence-corrected chi connectivity index (χ1v) is 17.7. The zero-order valence-electron chi connectivity index (χ0n) is 25.0. The molecule has 1 aromatic carbocycles. The van der Waals surface area contributed by atoms with Gasteiger partial charge in [-0.05, 0) is 43.2 Å². The summed E-state index contributed by atoms with van der Waals surface area (Å²) in [6.45, 7) is 4.95. The summed E-state index contributed by atoms with van der Waals surface area (Å²) in [6, 6.07) is 6.55. The van der Waals surface area contributed by atoms with E-state index in [0.29, 0.717) is 9.23 Å². The summed E-state index contributed by atoms with van der Waals surface area (Å²) in [5, 5.41) is 10.2. The molecule has 1 fully saturated rings. The smallest absolute Gasteiger partial charge is 0.323 e. The Morgan fingerprint density at radius 3 is 1.95 bits per heavy atom. The minimum atomic E-state index is -1.07. The molecule has 3 rings (SSSR count). The lowest BCUT2D eigenvalue weighted by atomic mass is 10.0. The van der Waals surface area contributed by atoms with E-state index in [2.05, 4.69) is 36.9 Å². The number of rotatable bonds is 20. The Hall–Kier alpha value is -1.77. The molecule has 0 bridgehead atoms. The van der Waals surface area contributed by atoms with Crippen LogP contribution in [0.25, 0.3) is 0 Å². The van der Waals surface area contributed by atoms with Gasteiger partial charge in [0.25, 0.3) is 5.91 Å². The van der Waals surface area contributed by atoms with E-state index in [9.17, 15) is 9.59 Å². The number of amides is 1. The number of benzene rings is 1. The number of thiocarbonyl (C=S) groups is 1. The lowest BCUT2D eigenvalue weighted by molar-refractivity contribution is -0.140. The molecule has 0 atom stereocenters. The van der Waals surface area contributed by atoms with Gasteiger partial charge in [0, 0.05) is 11.4 Å². The lowest BCUT2D eigenvalue weighted by Gasteiger charge is -2.20. The van der Waals surface area contributed by atoms with Crippen LogP contribution in [0.1, 0.15) is 115 Å². The van der Waals surface area contributed by atoms with Gasteiger partial charge in [0.15, 0.2) is 0 Å². The van der Waals surface area contributed by atoms with Gasteiger partial charge >= 0.3 is 5.97 Å². The van der Waals surface area contributed by atoms with Gasteiger partial charge in [-0.1, -0.05) is 145 Å². The van der Waals surface area contributed by atoms with Crippen LogP contribution in [0.2, 0.25) is 0 Å². The minimum absolute atomic E-state index is 0.296. The van der Waals surface area contributed by atoms with Gasteiger partial charge in [-0.2, -0.15) is 0 Å². The summed E-state index contributed by atoms with van der Waals surface area (Å²) in [6.07, 6.45) is 25.5. The van der Waals surface area contributed by atoms with Crippen LogP contribution in [0.15, 0.2) is 45.2 Å². The molecule has 2 aliphatic rings. The summed E-state index contributed by atoms with van der Waals surface area (Å²) in [4.78, 5) is 29.0. The molecule has 0 spiro atoms. The zero-order chi connectivity index (χ0) is 29.5. The molecule has 5 nitrogen and oxygen atoms in total. The molecule has 0 aromatic heterocycles. The van der Waals surface area contributed by atoms with Crippen molar-refractivity contribution in [2.24, 2.45) is 0 Å². The second kappa shape index (κ2) is 18.7. The molecule has 0 unspecified atom stereocenters. The van der Waals surface area contributed by atoms with E-state index in [1.54, 1.807) is 17.8 Å². The molecular formula is C33H48N2O3S3. The van der Waals surface area contributed by atoms with E-state index >= 15 is 0 Å². The predicted octanol–water partition coefficient (Wildman–Crippen LogP) is 9.84. The van der Waals surface area contributed by atoms with Crippen LogP contribution in [0, 0.1) is 6.92 Å². The number of aryl methyl sites for hydroxylation is 1. The molecule has 8 heteroatoms. The molecule has 1 amide bonds. The average Bonchev–Trinajstić information content (AvgIpc) is 3.42. The fourth-order valence-electron chi connectivity index (χ4n) is 5.32. The van der Waals surface area contributed by atoms with Crippen molar-refractivity contribution in [1.29, 1.82) is 0 Å². The molecule has 0 saturated carbocycles. The number of hydrogen-bond donors (Lipinski definition) is 1. The third kappa shape index (κ3) is 11.4. The van der Waals surface area contributed by atoms with Crippen molar-refractivity contribution in [3.8, 4) is 0 Å². The predicted molar refractivity (Wildman–Crippen MR) is 180 cm³/mol. The van der Waals surface area contributed by atoms with Crippen LogP contribution < -0.4 is 4.90 Å². The Labute approximate surface area is 261 Å². The summed E-state index contributed by atoms with van der Waals surface area (Å²) in [5.41, 5.74) is 2.46. The Bertz CT molecular complexity index is 1090. The van der Waals surface area contributed by atoms with Gasteiger partial charge in [-0.15, -0.1) is 0 Å². The van der Waals surface area contributed by atoms with Crippen LogP contribution >= 0.6 is 35.7 Å². The third-order valence-electron chi connectivity index (χ3n) is 7.67. The number of carboxylic acids is 1. The molecule has 1 N–H and O–H groups in total. The number of hydrogen-bond acceptors (Lipinski definition) is 6. The number of carbonyl (C=O) groups is 2. The second-order valence-electron chi connectivity index (χ2n) is 11.2. The standard InChI is InChI=1S/C33H48N2O3S3/c1-3-4-5-6-7-8-9-10-11-12-13-14-15-16-17-18-23-34-27-24-26(2)19-20-28(27)40-30(34)22-21-29-32(38)35(25-31(36)37)33(39)41-29/h19-22,24H,3-18,23,25H2,1-2H3,(H,36,37)/b29-21+,30-22+. The Balaban J connectivity index is 1.38. The summed E-state index contributed by atoms with van der Waals surface area (Å²) in [5.74, 6) is -1.40. The Morgan fingerprint density at radius 1 is 0.829 bits per heavy atom. The largest absolute Gasteiger partial charge is 0.480 e. The maximum Gasteiger partial charge on any atom is 0.323 e. The van der Waals surface area contributed by atoms with E-state index in [1.807, 2.05) is 6.08 Å². The zero-order valence-corrected chi connectivity index (χ0v) is 27.4. The Kier molecular flexibility index (Phi) is 15.4. The molecule has 0 radical (unpaired) electrons. The topological polar surface area (TPSA) is 60.9 Å². The molecule has 41 heavy (non-hydrogen) atoms. The summed E-state index contributed by atoms with van der Waals surface area (Å²) < 4.78 is 0.296. The van der Waals surface area contributed by atoms with Crippen molar-refractivity contribution >= 4 is 57.6 Å². The highest BCUT2D eigenvalue weighted by molar-refractivity contribution is 8.26. The monoisotopic (exact) mass is 616 g/mol. The lowest BCUT2D eigenvalue weighted by Crippen LogP contribution is -2.33. The van der Waals surface area contributed by atoms with Crippen molar-refractivity contribution in [3.05, 3.63) is 45.8 Å². The van der Waals surface area contributed by atoms with Crippen molar-refractivity contribution in [1.82, 2.24) is 4.90 Å². The number of carbonyl (C=O) groups excluding carboxylic acids is 1. The molecule has 2 heterocycles. The number of carboxylic acid groups (broad SMARTS) is 1. The summed E-state index contributed by atoms with van der Waals surface area (Å²) in [7, 11) is 0.